The van der Waals surface area contributed by atoms with Gasteiger partial charge < -0.3 is 15.5 Å². The molecule has 2 aliphatic rings. The Morgan fingerprint density at radius 2 is 2.32 bits per heavy atom. The van der Waals surface area contributed by atoms with Crippen LogP contribution in [0.4, 0.5) is 14.9 Å². The molecule has 19 heavy (non-hydrogen) atoms. The van der Waals surface area contributed by atoms with Crippen LogP contribution in [0.3, 0.4) is 0 Å². The van der Waals surface area contributed by atoms with Crippen LogP contribution >= 0.6 is 0 Å². The van der Waals surface area contributed by atoms with Crippen LogP contribution in [0.25, 0.3) is 0 Å². The number of nitrogens with one attached hydrogen (secondary N) is 2. The van der Waals surface area contributed by atoms with Crippen molar-refractivity contribution in [3.63, 3.8) is 0 Å². The van der Waals surface area contributed by atoms with E-state index >= 15 is 0 Å². The maximum absolute atomic E-state index is 13.1. The van der Waals surface area contributed by atoms with Crippen molar-refractivity contribution in [3.8, 4) is 0 Å². The molecule has 2 saturated heterocycles. The maximum Gasteiger partial charge on any atom is 0.322 e. The molecule has 2 aliphatic heterocycles. The van der Waals surface area contributed by atoms with Crippen molar-refractivity contribution in [3.05, 3.63) is 30.1 Å². The Morgan fingerprint density at radius 3 is 3.05 bits per heavy atom. The lowest BCUT2D eigenvalue weighted by molar-refractivity contribution is 0.203. The van der Waals surface area contributed by atoms with Gasteiger partial charge in [0.25, 0.3) is 0 Å². The molecule has 0 bridgehead atoms. The molecule has 0 aliphatic carbocycles. The average Bonchev–Trinajstić information content (AvgIpc) is 2.93. The topological polar surface area (TPSA) is 44.4 Å². The summed E-state index contributed by atoms with van der Waals surface area (Å²) in [7, 11) is 0. The minimum atomic E-state index is -0.340. The second-order valence-corrected chi connectivity index (χ2v) is 5.42. The van der Waals surface area contributed by atoms with E-state index in [9.17, 15) is 9.18 Å². The van der Waals surface area contributed by atoms with Crippen molar-refractivity contribution < 1.29 is 9.18 Å². The lowest BCUT2D eigenvalue weighted by atomic mass is 9.95. The molecule has 2 N–H and O–H groups in total. The number of benzene rings is 1. The number of fused-ring (bicyclic) bond motifs is 1. The third-order valence-corrected chi connectivity index (χ3v) is 4.27. The largest absolute Gasteiger partial charge is 0.322 e. The third-order valence-electron chi connectivity index (χ3n) is 4.27. The zero-order valence-corrected chi connectivity index (χ0v) is 10.9. The molecule has 0 aromatic heterocycles. The van der Waals surface area contributed by atoms with Crippen molar-refractivity contribution in [2.75, 3.05) is 25.0 Å². The summed E-state index contributed by atoms with van der Waals surface area (Å²) in [6.45, 7) is 4.83. The SMILES string of the molecule is CC1C2CNCC2CN1C(=O)Nc1cccc(F)c1. The van der Waals surface area contributed by atoms with Crippen molar-refractivity contribution in [1.29, 1.82) is 0 Å². The second kappa shape index (κ2) is 4.81. The zero-order chi connectivity index (χ0) is 13.4. The quantitative estimate of drug-likeness (QED) is 0.812. The number of likely N-dealkylation sites (tertiary alicyclic amines) is 1. The minimum Gasteiger partial charge on any atom is -0.321 e. The van der Waals surface area contributed by atoms with E-state index in [4.69, 9.17) is 0 Å². The number of hydrogen-bond donors (Lipinski definition) is 2. The van der Waals surface area contributed by atoms with Crippen molar-refractivity contribution in [1.82, 2.24) is 10.2 Å². The summed E-state index contributed by atoms with van der Waals surface area (Å²) in [6, 6.07) is 6.09. The molecule has 2 amide bonds. The van der Waals surface area contributed by atoms with E-state index in [-0.39, 0.29) is 17.9 Å². The van der Waals surface area contributed by atoms with E-state index < -0.39 is 0 Å². The molecule has 3 unspecified atom stereocenters. The smallest absolute Gasteiger partial charge is 0.321 e. The van der Waals surface area contributed by atoms with Crippen LogP contribution in [0.1, 0.15) is 6.92 Å². The molecular formula is C14H18FN3O. The van der Waals surface area contributed by atoms with E-state index in [2.05, 4.69) is 17.6 Å². The fraction of sp³-hybridized carbons (Fsp3) is 0.500. The number of anilines is 1. The first-order chi connectivity index (χ1) is 9.15. The Balaban J connectivity index is 1.68. The number of urea groups is 1. The van der Waals surface area contributed by atoms with Gasteiger partial charge in [-0.2, -0.15) is 0 Å². The fourth-order valence-corrected chi connectivity index (χ4v) is 3.20. The highest BCUT2D eigenvalue weighted by atomic mass is 19.1. The standard InChI is InChI=1S/C14H18FN3O/c1-9-13-7-16-6-10(13)8-18(9)14(19)17-12-4-2-3-11(15)5-12/h2-5,9-10,13,16H,6-8H2,1H3,(H,17,19). The highest BCUT2D eigenvalue weighted by Gasteiger charge is 2.43. The van der Waals surface area contributed by atoms with Gasteiger partial charge in [0.2, 0.25) is 0 Å². The highest BCUT2D eigenvalue weighted by Crippen LogP contribution is 2.32. The molecule has 3 rings (SSSR count). The first kappa shape index (κ1) is 12.4. The number of rotatable bonds is 1. The van der Waals surface area contributed by atoms with Crippen molar-refractivity contribution in [2.24, 2.45) is 11.8 Å². The number of carbonyl (C=O) groups is 1. The summed E-state index contributed by atoms with van der Waals surface area (Å²) in [5.41, 5.74) is 0.507. The molecule has 102 valence electrons. The van der Waals surface area contributed by atoms with Crippen LogP contribution in [0, 0.1) is 17.7 Å². The Bertz CT molecular complexity index is 493. The zero-order valence-electron chi connectivity index (χ0n) is 10.9. The summed E-state index contributed by atoms with van der Waals surface area (Å²) < 4.78 is 13.1. The Hall–Kier alpha value is -1.62. The first-order valence-corrected chi connectivity index (χ1v) is 6.69. The van der Waals surface area contributed by atoms with Gasteiger partial charge in [0, 0.05) is 31.4 Å². The molecule has 4 nitrogen and oxygen atoms in total. The molecule has 0 spiro atoms. The second-order valence-electron chi connectivity index (χ2n) is 5.42. The van der Waals surface area contributed by atoms with Gasteiger partial charge in [0.1, 0.15) is 5.82 Å². The van der Waals surface area contributed by atoms with Gasteiger partial charge in [-0.3, -0.25) is 0 Å². The molecule has 0 radical (unpaired) electrons. The van der Waals surface area contributed by atoms with Gasteiger partial charge in [-0.15, -0.1) is 0 Å². The van der Waals surface area contributed by atoms with Crippen LogP contribution in [-0.2, 0) is 0 Å². The predicted molar refractivity (Wildman–Crippen MR) is 71.4 cm³/mol. The highest BCUT2D eigenvalue weighted by molar-refractivity contribution is 5.89. The van der Waals surface area contributed by atoms with Gasteiger partial charge in [-0.05, 0) is 37.0 Å². The van der Waals surface area contributed by atoms with E-state index in [0.29, 0.717) is 17.5 Å². The third kappa shape index (κ3) is 2.30. The molecule has 3 atom stereocenters. The molecular weight excluding hydrogens is 245 g/mol. The number of amides is 2. The van der Waals surface area contributed by atoms with Crippen LogP contribution in [-0.4, -0.2) is 36.6 Å². The van der Waals surface area contributed by atoms with E-state index in [0.717, 1.165) is 19.6 Å². The van der Waals surface area contributed by atoms with Crippen LogP contribution in [0.15, 0.2) is 24.3 Å². The Morgan fingerprint density at radius 1 is 1.47 bits per heavy atom. The normalized spacial score (nSPS) is 29.4. The number of hydrogen-bond acceptors (Lipinski definition) is 2. The van der Waals surface area contributed by atoms with Crippen LogP contribution in [0.2, 0.25) is 0 Å². The predicted octanol–water partition coefficient (Wildman–Crippen LogP) is 1.90. The fourth-order valence-electron chi connectivity index (χ4n) is 3.20. The van der Waals surface area contributed by atoms with Gasteiger partial charge in [-0.25, -0.2) is 9.18 Å². The van der Waals surface area contributed by atoms with E-state index in [1.165, 1.54) is 12.1 Å². The van der Waals surface area contributed by atoms with Crippen molar-refractivity contribution in [2.45, 2.75) is 13.0 Å². The van der Waals surface area contributed by atoms with Gasteiger partial charge in [0.15, 0.2) is 0 Å². The summed E-state index contributed by atoms with van der Waals surface area (Å²) >= 11 is 0. The molecule has 1 aromatic carbocycles. The molecule has 2 fully saturated rings. The molecule has 5 heteroatoms. The molecule has 0 saturated carbocycles. The lowest BCUT2D eigenvalue weighted by Gasteiger charge is -2.24. The Kier molecular flexibility index (Phi) is 3.14. The van der Waals surface area contributed by atoms with E-state index in [1.54, 1.807) is 12.1 Å². The lowest BCUT2D eigenvalue weighted by Crippen LogP contribution is -2.40. The monoisotopic (exact) mass is 263 g/mol. The Labute approximate surface area is 112 Å². The van der Waals surface area contributed by atoms with Gasteiger partial charge >= 0.3 is 6.03 Å². The molecule has 1 aromatic rings. The van der Waals surface area contributed by atoms with Crippen LogP contribution in [0.5, 0.6) is 0 Å². The number of halogens is 1. The summed E-state index contributed by atoms with van der Waals surface area (Å²) in [5.74, 6) is 0.750. The maximum atomic E-state index is 13.1. The summed E-state index contributed by atoms with van der Waals surface area (Å²) in [4.78, 5) is 14.1. The number of nitrogens with zero attached hydrogens (tertiary/aromatic N) is 1. The number of carbonyl (C=O) groups excluding carboxylic acids is 1. The van der Waals surface area contributed by atoms with Gasteiger partial charge in [0.05, 0.1) is 0 Å². The summed E-state index contributed by atoms with van der Waals surface area (Å²) in [5, 5.41) is 6.13. The minimum absolute atomic E-state index is 0.132. The first-order valence-electron chi connectivity index (χ1n) is 6.69. The van der Waals surface area contributed by atoms with Crippen molar-refractivity contribution >= 4 is 11.7 Å². The average molecular weight is 263 g/mol. The summed E-state index contributed by atoms with van der Waals surface area (Å²) in [6.07, 6.45) is 0. The van der Waals surface area contributed by atoms with Gasteiger partial charge in [-0.1, -0.05) is 6.07 Å². The van der Waals surface area contributed by atoms with E-state index in [1.807, 2.05) is 4.90 Å². The van der Waals surface area contributed by atoms with Crippen LogP contribution < -0.4 is 10.6 Å². The molecule has 2 heterocycles.